The summed E-state index contributed by atoms with van der Waals surface area (Å²) in [7, 11) is 1.59. The average molecular weight is 299 g/mol. The van der Waals surface area contributed by atoms with Gasteiger partial charge in [-0.3, -0.25) is 0 Å². The Morgan fingerprint density at radius 2 is 1.71 bits per heavy atom. The second-order valence-corrected chi connectivity index (χ2v) is 4.58. The second-order valence-electron chi connectivity index (χ2n) is 4.58. The first kappa shape index (κ1) is 15.2. The van der Waals surface area contributed by atoms with Crippen LogP contribution in [0, 0.1) is 5.82 Å². The fourth-order valence-corrected chi connectivity index (χ4v) is 1.81. The fraction of sp³-hybridized carbons (Fsp3) is 0.286. The SMILES string of the molecule is CC(c1ccc(F)cc1)N(C)c1nccc(C(F)(F)F)n1. The van der Waals surface area contributed by atoms with Gasteiger partial charge in [0.05, 0.1) is 6.04 Å². The van der Waals surface area contributed by atoms with Gasteiger partial charge in [0.1, 0.15) is 11.5 Å². The minimum atomic E-state index is -4.52. The zero-order valence-corrected chi connectivity index (χ0v) is 11.4. The highest BCUT2D eigenvalue weighted by Crippen LogP contribution is 2.29. The summed E-state index contributed by atoms with van der Waals surface area (Å²) in [6.07, 6.45) is -3.45. The van der Waals surface area contributed by atoms with Crippen molar-refractivity contribution < 1.29 is 17.6 Å². The van der Waals surface area contributed by atoms with E-state index in [2.05, 4.69) is 9.97 Å². The summed E-state index contributed by atoms with van der Waals surface area (Å²) in [6.45, 7) is 1.77. The largest absolute Gasteiger partial charge is 0.433 e. The zero-order chi connectivity index (χ0) is 15.6. The van der Waals surface area contributed by atoms with Gasteiger partial charge < -0.3 is 4.90 Å². The van der Waals surface area contributed by atoms with Gasteiger partial charge in [0, 0.05) is 13.2 Å². The van der Waals surface area contributed by atoms with Crippen LogP contribution < -0.4 is 4.90 Å². The Hall–Kier alpha value is -2.18. The molecular formula is C14H13F4N3. The van der Waals surface area contributed by atoms with Gasteiger partial charge in [-0.1, -0.05) is 12.1 Å². The lowest BCUT2D eigenvalue weighted by atomic mass is 10.1. The highest BCUT2D eigenvalue weighted by atomic mass is 19.4. The molecule has 0 spiro atoms. The molecule has 0 fully saturated rings. The normalized spacial score (nSPS) is 13.0. The van der Waals surface area contributed by atoms with Crippen LogP contribution in [-0.2, 0) is 6.18 Å². The average Bonchev–Trinajstić information content (AvgIpc) is 2.46. The van der Waals surface area contributed by atoms with E-state index in [0.717, 1.165) is 17.8 Å². The monoisotopic (exact) mass is 299 g/mol. The van der Waals surface area contributed by atoms with Crippen LogP contribution in [0.3, 0.4) is 0 Å². The van der Waals surface area contributed by atoms with E-state index < -0.39 is 11.9 Å². The third-order valence-corrected chi connectivity index (χ3v) is 3.18. The van der Waals surface area contributed by atoms with Gasteiger partial charge in [-0.15, -0.1) is 0 Å². The molecule has 7 heteroatoms. The Bertz CT molecular complexity index is 610. The quantitative estimate of drug-likeness (QED) is 0.807. The van der Waals surface area contributed by atoms with Gasteiger partial charge in [0.2, 0.25) is 5.95 Å². The fourth-order valence-electron chi connectivity index (χ4n) is 1.81. The maximum atomic E-state index is 12.9. The minimum absolute atomic E-state index is 0.0401. The number of hydrogen-bond acceptors (Lipinski definition) is 3. The number of anilines is 1. The maximum Gasteiger partial charge on any atom is 0.433 e. The third kappa shape index (κ3) is 3.48. The van der Waals surface area contributed by atoms with Gasteiger partial charge in [-0.05, 0) is 30.7 Å². The number of rotatable bonds is 3. The molecule has 1 aromatic heterocycles. The first-order valence-corrected chi connectivity index (χ1v) is 6.17. The predicted molar refractivity (Wildman–Crippen MR) is 70.3 cm³/mol. The van der Waals surface area contributed by atoms with Crippen LogP contribution in [0.15, 0.2) is 36.5 Å². The molecule has 0 bridgehead atoms. The van der Waals surface area contributed by atoms with Crippen molar-refractivity contribution in [3.8, 4) is 0 Å². The molecule has 0 aliphatic heterocycles. The van der Waals surface area contributed by atoms with Crippen LogP contribution >= 0.6 is 0 Å². The number of aromatic nitrogens is 2. The van der Waals surface area contributed by atoms with E-state index in [0.29, 0.717) is 0 Å². The molecule has 0 saturated carbocycles. The minimum Gasteiger partial charge on any atom is -0.337 e. The van der Waals surface area contributed by atoms with Crippen molar-refractivity contribution in [2.24, 2.45) is 0 Å². The highest BCUT2D eigenvalue weighted by Gasteiger charge is 2.33. The summed E-state index contributed by atoms with van der Waals surface area (Å²) in [5, 5.41) is 0. The van der Waals surface area contributed by atoms with E-state index in [1.54, 1.807) is 26.1 Å². The van der Waals surface area contributed by atoms with Crippen molar-refractivity contribution in [3.63, 3.8) is 0 Å². The molecule has 0 saturated heterocycles. The molecular weight excluding hydrogens is 286 g/mol. The maximum absolute atomic E-state index is 12.9. The molecule has 0 amide bonds. The lowest BCUT2D eigenvalue weighted by molar-refractivity contribution is -0.141. The van der Waals surface area contributed by atoms with Crippen LogP contribution in [0.2, 0.25) is 0 Å². The third-order valence-electron chi connectivity index (χ3n) is 3.18. The highest BCUT2D eigenvalue weighted by molar-refractivity contribution is 5.35. The molecule has 1 unspecified atom stereocenters. The van der Waals surface area contributed by atoms with Gasteiger partial charge in [-0.2, -0.15) is 13.2 Å². The Kier molecular flexibility index (Phi) is 4.11. The number of alkyl halides is 3. The van der Waals surface area contributed by atoms with Crippen LogP contribution in [0.25, 0.3) is 0 Å². The Balaban J connectivity index is 2.27. The second kappa shape index (κ2) is 5.67. The van der Waals surface area contributed by atoms with Gasteiger partial charge in [-0.25, -0.2) is 14.4 Å². The molecule has 1 aromatic carbocycles. The smallest absolute Gasteiger partial charge is 0.337 e. The van der Waals surface area contributed by atoms with E-state index in [9.17, 15) is 17.6 Å². The Morgan fingerprint density at radius 1 is 1.10 bits per heavy atom. The van der Waals surface area contributed by atoms with E-state index in [4.69, 9.17) is 0 Å². The van der Waals surface area contributed by atoms with E-state index in [1.165, 1.54) is 17.0 Å². The predicted octanol–water partition coefficient (Wildman–Crippen LogP) is 3.83. The molecule has 0 radical (unpaired) electrons. The van der Waals surface area contributed by atoms with Gasteiger partial charge >= 0.3 is 6.18 Å². The van der Waals surface area contributed by atoms with E-state index in [-0.39, 0.29) is 17.8 Å². The number of nitrogens with zero attached hydrogens (tertiary/aromatic N) is 3. The first-order chi connectivity index (χ1) is 9.79. The van der Waals surface area contributed by atoms with Crippen molar-refractivity contribution in [2.45, 2.75) is 19.1 Å². The van der Waals surface area contributed by atoms with Crippen molar-refractivity contribution in [1.29, 1.82) is 0 Å². The summed E-state index contributed by atoms with van der Waals surface area (Å²) < 4.78 is 50.8. The van der Waals surface area contributed by atoms with Crippen LogP contribution in [-0.4, -0.2) is 17.0 Å². The lowest BCUT2D eigenvalue weighted by Gasteiger charge is -2.25. The number of benzene rings is 1. The zero-order valence-electron chi connectivity index (χ0n) is 11.4. The van der Waals surface area contributed by atoms with E-state index >= 15 is 0 Å². The number of halogens is 4. The molecule has 0 aliphatic carbocycles. The van der Waals surface area contributed by atoms with Gasteiger partial charge in [0.15, 0.2) is 0 Å². The molecule has 21 heavy (non-hydrogen) atoms. The van der Waals surface area contributed by atoms with Crippen LogP contribution in [0.4, 0.5) is 23.5 Å². The van der Waals surface area contributed by atoms with Crippen LogP contribution in [0.1, 0.15) is 24.2 Å². The van der Waals surface area contributed by atoms with E-state index in [1.807, 2.05) is 0 Å². The first-order valence-electron chi connectivity index (χ1n) is 6.17. The van der Waals surface area contributed by atoms with Crippen LogP contribution in [0.5, 0.6) is 0 Å². The van der Waals surface area contributed by atoms with Gasteiger partial charge in [0.25, 0.3) is 0 Å². The summed E-state index contributed by atoms with van der Waals surface area (Å²) in [5.41, 5.74) is -0.245. The summed E-state index contributed by atoms with van der Waals surface area (Å²) >= 11 is 0. The van der Waals surface area contributed by atoms with Crippen molar-refractivity contribution in [2.75, 3.05) is 11.9 Å². The molecule has 1 heterocycles. The molecule has 2 rings (SSSR count). The topological polar surface area (TPSA) is 29.0 Å². The molecule has 1 atom stereocenters. The van der Waals surface area contributed by atoms with Crippen molar-refractivity contribution >= 4 is 5.95 Å². The summed E-state index contributed by atoms with van der Waals surface area (Å²) in [6, 6.07) is 6.27. The molecule has 112 valence electrons. The molecule has 2 aromatic rings. The lowest BCUT2D eigenvalue weighted by Crippen LogP contribution is -2.24. The molecule has 0 aliphatic rings. The number of hydrogen-bond donors (Lipinski definition) is 0. The standard InChI is InChI=1S/C14H13F4N3/c1-9(10-3-5-11(15)6-4-10)21(2)13-19-8-7-12(20-13)14(16,17)18/h3-9H,1-2H3. The summed E-state index contributed by atoms with van der Waals surface area (Å²) in [5.74, 6) is -0.412. The molecule has 0 N–H and O–H groups in total. The van der Waals surface area contributed by atoms with Crippen molar-refractivity contribution in [3.05, 3.63) is 53.6 Å². The van der Waals surface area contributed by atoms with Crippen molar-refractivity contribution in [1.82, 2.24) is 9.97 Å². The Labute approximate surface area is 119 Å². The Morgan fingerprint density at radius 3 is 2.29 bits per heavy atom. The molecule has 3 nitrogen and oxygen atoms in total. The summed E-state index contributed by atoms with van der Waals surface area (Å²) in [4.78, 5) is 8.88.